The van der Waals surface area contributed by atoms with E-state index in [9.17, 15) is 12.8 Å². The van der Waals surface area contributed by atoms with Crippen LogP contribution in [0.25, 0.3) is 10.2 Å². The van der Waals surface area contributed by atoms with Gasteiger partial charge in [-0.05, 0) is 66.8 Å². The molecule has 6 rings (SSSR count). The highest BCUT2D eigenvalue weighted by atomic mass is 32.2. The summed E-state index contributed by atoms with van der Waals surface area (Å²) in [5, 5.41) is 11.2. The number of fused-ring (bicyclic) bond motifs is 5. The van der Waals surface area contributed by atoms with Gasteiger partial charge in [0.25, 0.3) is 10.1 Å². The van der Waals surface area contributed by atoms with Crippen molar-refractivity contribution in [2.45, 2.75) is 32.3 Å². The van der Waals surface area contributed by atoms with Crippen LogP contribution in [0.15, 0.2) is 53.9 Å². The highest BCUT2D eigenvalue weighted by Crippen LogP contribution is 2.45. The zero-order valence-electron chi connectivity index (χ0n) is 22.1. The number of benzene rings is 2. The Balaban J connectivity index is 1.19. The molecule has 12 heteroatoms. The molecule has 0 bridgehead atoms. The van der Waals surface area contributed by atoms with Crippen molar-refractivity contribution in [1.82, 2.24) is 15.0 Å². The van der Waals surface area contributed by atoms with Gasteiger partial charge < -0.3 is 10.1 Å². The molecule has 0 spiro atoms. The number of nitrogens with zero attached hydrogens (tertiary/aromatic N) is 4. The zero-order valence-corrected chi connectivity index (χ0v) is 23.7. The minimum atomic E-state index is -3.47. The van der Waals surface area contributed by atoms with Crippen molar-refractivity contribution in [3.8, 4) is 5.75 Å². The van der Waals surface area contributed by atoms with Crippen LogP contribution in [0, 0.1) is 12.7 Å². The summed E-state index contributed by atoms with van der Waals surface area (Å²) in [5.41, 5.74) is 4.96. The Kier molecular flexibility index (Phi) is 7.15. The second-order valence-corrected chi connectivity index (χ2v) is 12.6. The van der Waals surface area contributed by atoms with Gasteiger partial charge in [0.05, 0.1) is 30.7 Å². The number of rotatable bonds is 9. The molecule has 1 aliphatic heterocycles. The lowest BCUT2D eigenvalue weighted by Gasteiger charge is -2.20. The third-order valence-electron chi connectivity index (χ3n) is 7.00. The third kappa shape index (κ3) is 5.65. The van der Waals surface area contributed by atoms with E-state index in [1.807, 2.05) is 36.2 Å². The normalized spacial score (nSPS) is 16.5. The number of ether oxygens (including phenoxy) is 1. The quantitative estimate of drug-likeness (QED) is 0.271. The van der Waals surface area contributed by atoms with Crippen LogP contribution in [0.2, 0.25) is 0 Å². The molecule has 2 aromatic heterocycles. The lowest BCUT2D eigenvalue weighted by molar-refractivity contribution is 0.230. The lowest BCUT2D eigenvalue weighted by Crippen LogP contribution is -2.24. The molecule has 0 radical (unpaired) electrons. The standard InChI is InChI=1S/C28H28FN5O4S2/c1-17-12-20(6-9-24(17)37-15-18-4-3-5-19(29)13-18)32-27-25-21-7-8-23-22(26(21)39-28(25)31-16-30-27)14-34(33-23)10-11-38-40(2,35)36/h3-6,9,12-13,16,22H,7-8,10-11,14-15H2,1-2H3,(H,30,31,32). The number of hydrogen-bond acceptors (Lipinski definition) is 10. The molecule has 1 atom stereocenters. The fraction of sp³-hybridized carbons (Fsp3) is 0.321. The van der Waals surface area contributed by atoms with E-state index in [1.165, 1.54) is 22.6 Å². The second-order valence-electron chi connectivity index (χ2n) is 9.95. The summed E-state index contributed by atoms with van der Waals surface area (Å²) in [6.45, 7) is 3.44. The number of hydrogen-bond donors (Lipinski definition) is 1. The van der Waals surface area contributed by atoms with Crippen molar-refractivity contribution in [1.29, 1.82) is 0 Å². The Morgan fingerprint density at radius 2 is 2.05 bits per heavy atom. The maximum Gasteiger partial charge on any atom is 0.264 e. The summed E-state index contributed by atoms with van der Waals surface area (Å²) in [5.74, 6) is 1.37. The van der Waals surface area contributed by atoms with Gasteiger partial charge in [0.15, 0.2) is 0 Å². The average Bonchev–Trinajstić information content (AvgIpc) is 3.49. The minimum absolute atomic E-state index is 0.0786. The smallest absolute Gasteiger partial charge is 0.264 e. The Hall–Kier alpha value is -3.61. The van der Waals surface area contributed by atoms with Gasteiger partial charge >= 0.3 is 0 Å². The van der Waals surface area contributed by atoms with Gasteiger partial charge in [-0.15, -0.1) is 11.3 Å². The molecule has 1 unspecified atom stereocenters. The van der Waals surface area contributed by atoms with Gasteiger partial charge in [-0.1, -0.05) is 12.1 Å². The van der Waals surface area contributed by atoms with Crippen LogP contribution in [0.4, 0.5) is 15.9 Å². The Morgan fingerprint density at radius 1 is 1.18 bits per heavy atom. The van der Waals surface area contributed by atoms with Crippen molar-refractivity contribution >= 4 is 48.9 Å². The summed E-state index contributed by atoms with van der Waals surface area (Å²) >= 11 is 1.67. The van der Waals surface area contributed by atoms with Crippen molar-refractivity contribution in [3.63, 3.8) is 0 Å². The molecule has 2 aromatic carbocycles. The van der Waals surface area contributed by atoms with E-state index in [-0.39, 0.29) is 24.9 Å². The first kappa shape index (κ1) is 26.6. The fourth-order valence-corrected chi connectivity index (χ4v) is 6.89. The molecule has 0 fully saturated rings. The van der Waals surface area contributed by atoms with Crippen LogP contribution >= 0.6 is 11.3 Å². The van der Waals surface area contributed by atoms with Crippen LogP contribution < -0.4 is 10.1 Å². The largest absolute Gasteiger partial charge is 0.489 e. The maximum absolute atomic E-state index is 13.5. The van der Waals surface area contributed by atoms with E-state index < -0.39 is 10.1 Å². The molecule has 1 aliphatic carbocycles. The molecule has 2 aliphatic rings. The molecule has 40 heavy (non-hydrogen) atoms. The molecule has 208 valence electrons. The van der Waals surface area contributed by atoms with Gasteiger partial charge in [0, 0.05) is 22.8 Å². The number of nitrogens with one attached hydrogen (secondary N) is 1. The predicted octanol–water partition coefficient (Wildman–Crippen LogP) is 5.14. The van der Waals surface area contributed by atoms with E-state index >= 15 is 0 Å². The number of anilines is 2. The van der Waals surface area contributed by atoms with E-state index in [0.29, 0.717) is 13.1 Å². The molecule has 0 saturated heterocycles. The summed E-state index contributed by atoms with van der Waals surface area (Å²) < 4.78 is 46.9. The molecule has 1 N–H and O–H groups in total. The summed E-state index contributed by atoms with van der Waals surface area (Å²) in [4.78, 5) is 11.3. The van der Waals surface area contributed by atoms with E-state index in [1.54, 1.807) is 23.7 Å². The van der Waals surface area contributed by atoms with Crippen LogP contribution in [0.5, 0.6) is 5.75 Å². The van der Waals surface area contributed by atoms with E-state index in [4.69, 9.17) is 14.0 Å². The molecule has 4 aromatic rings. The molecule has 9 nitrogen and oxygen atoms in total. The van der Waals surface area contributed by atoms with Crippen LogP contribution in [-0.4, -0.2) is 55.1 Å². The van der Waals surface area contributed by atoms with Gasteiger partial charge in [0.1, 0.15) is 35.1 Å². The van der Waals surface area contributed by atoms with Crippen LogP contribution in [0.3, 0.4) is 0 Å². The summed E-state index contributed by atoms with van der Waals surface area (Å²) in [6.07, 6.45) is 4.30. The average molecular weight is 582 g/mol. The van der Waals surface area contributed by atoms with Gasteiger partial charge in [0.2, 0.25) is 0 Å². The first-order chi connectivity index (χ1) is 19.2. The molecular formula is C28H28FN5O4S2. The van der Waals surface area contributed by atoms with Crippen molar-refractivity contribution in [2.75, 3.05) is 31.3 Å². The molecule has 3 heterocycles. The van der Waals surface area contributed by atoms with Crippen molar-refractivity contribution in [3.05, 3.63) is 76.2 Å². The minimum Gasteiger partial charge on any atom is -0.489 e. The second kappa shape index (κ2) is 10.8. The topological polar surface area (TPSA) is 106 Å². The Bertz CT molecular complexity index is 1720. The van der Waals surface area contributed by atoms with Gasteiger partial charge in [-0.2, -0.15) is 13.5 Å². The number of halogens is 1. The number of hydrazone groups is 1. The van der Waals surface area contributed by atoms with Crippen molar-refractivity contribution < 1.29 is 21.7 Å². The van der Waals surface area contributed by atoms with Gasteiger partial charge in [-0.3, -0.25) is 9.19 Å². The summed E-state index contributed by atoms with van der Waals surface area (Å²) in [6, 6.07) is 12.2. The van der Waals surface area contributed by atoms with Crippen molar-refractivity contribution in [2.24, 2.45) is 5.10 Å². The Morgan fingerprint density at radius 3 is 2.85 bits per heavy atom. The molecular weight excluding hydrogens is 553 g/mol. The third-order valence-corrected chi connectivity index (χ3v) is 8.85. The van der Waals surface area contributed by atoms with Crippen LogP contribution in [-0.2, 0) is 27.3 Å². The first-order valence-corrected chi connectivity index (χ1v) is 15.5. The highest BCUT2D eigenvalue weighted by molar-refractivity contribution is 7.85. The molecule has 0 saturated carbocycles. The lowest BCUT2D eigenvalue weighted by atomic mass is 9.87. The van der Waals surface area contributed by atoms with Crippen LogP contribution in [0.1, 0.15) is 33.9 Å². The first-order valence-electron chi connectivity index (χ1n) is 12.9. The molecule has 0 amide bonds. The Labute approximate surface area is 235 Å². The van der Waals surface area contributed by atoms with E-state index in [0.717, 1.165) is 63.4 Å². The SMILES string of the molecule is Cc1cc(Nc2ncnc3sc4c(c23)CCC2=NN(CCOS(C)(=O)=O)CC24)ccc1OCc1cccc(F)c1. The number of aryl methyl sites for hydroxylation is 2. The number of thiophene rings is 1. The van der Waals surface area contributed by atoms with Gasteiger partial charge in [-0.25, -0.2) is 14.4 Å². The monoisotopic (exact) mass is 581 g/mol. The predicted molar refractivity (Wildman–Crippen MR) is 153 cm³/mol. The fourth-order valence-electron chi connectivity index (χ4n) is 5.20. The number of aromatic nitrogens is 2. The maximum atomic E-state index is 13.5. The highest BCUT2D eigenvalue weighted by Gasteiger charge is 2.36. The zero-order chi connectivity index (χ0) is 27.9. The van der Waals surface area contributed by atoms with E-state index in [2.05, 4.69) is 15.3 Å². The summed E-state index contributed by atoms with van der Waals surface area (Å²) in [7, 11) is -3.47.